The zero-order valence-electron chi connectivity index (χ0n) is 5.97. The van der Waals surface area contributed by atoms with Crippen molar-refractivity contribution < 1.29 is 4.74 Å². The standard InChI is InChI=1S/C7H15NO/c1-2-9-7-5-3-4-6(7)8/h6-7H,2-5,8H2,1H3/t6-,7-/m1/s1. The Morgan fingerprint density at radius 2 is 2.33 bits per heavy atom. The topological polar surface area (TPSA) is 35.2 Å². The second-order valence-electron chi connectivity index (χ2n) is 2.59. The van der Waals surface area contributed by atoms with Crippen LogP contribution in [0.4, 0.5) is 0 Å². The summed E-state index contributed by atoms with van der Waals surface area (Å²) in [5.74, 6) is 0. The fraction of sp³-hybridized carbons (Fsp3) is 1.00. The van der Waals surface area contributed by atoms with Crippen LogP contribution in [0.2, 0.25) is 0 Å². The molecule has 9 heavy (non-hydrogen) atoms. The largest absolute Gasteiger partial charge is 0.377 e. The van der Waals surface area contributed by atoms with Crippen LogP contribution >= 0.6 is 0 Å². The number of hydrogen-bond acceptors (Lipinski definition) is 2. The Hall–Kier alpha value is -0.0800. The molecule has 2 nitrogen and oxygen atoms in total. The summed E-state index contributed by atoms with van der Waals surface area (Å²) < 4.78 is 5.39. The van der Waals surface area contributed by atoms with Gasteiger partial charge in [0.2, 0.25) is 0 Å². The van der Waals surface area contributed by atoms with Crippen LogP contribution in [0.15, 0.2) is 0 Å². The molecule has 2 heteroatoms. The zero-order chi connectivity index (χ0) is 6.69. The first-order valence-electron chi connectivity index (χ1n) is 3.71. The van der Waals surface area contributed by atoms with Crippen molar-refractivity contribution in [3.63, 3.8) is 0 Å². The normalized spacial score (nSPS) is 35.3. The van der Waals surface area contributed by atoms with Gasteiger partial charge in [-0.05, 0) is 26.2 Å². The predicted molar refractivity (Wildman–Crippen MR) is 37.2 cm³/mol. The number of ether oxygens (including phenoxy) is 1. The monoisotopic (exact) mass is 129 g/mol. The van der Waals surface area contributed by atoms with Crippen molar-refractivity contribution >= 4 is 0 Å². The van der Waals surface area contributed by atoms with Gasteiger partial charge in [0.1, 0.15) is 0 Å². The van der Waals surface area contributed by atoms with E-state index in [0.717, 1.165) is 19.4 Å². The molecule has 0 aliphatic heterocycles. The van der Waals surface area contributed by atoms with Gasteiger partial charge < -0.3 is 10.5 Å². The first-order chi connectivity index (χ1) is 4.34. The van der Waals surface area contributed by atoms with Gasteiger partial charge in [-0.15, -0.1) is 0 Å². The van der Waals surface area contributed by atoms with Gasteiger partial charge in [0, 0.05) is 12.6 Å². The molecule has 0 aromatic carbocycles. The van der Waals surface area contributed by atoms with Gasteiger partial charge in [0.25, 0.3) is 0 Å². The summed E-state index contributed by atoms with van der Waals surface area (Å²) >= 11 is 0. The van der Waals surface area contributed by atoms with E-state index >= 15 is 0 Å². The molecule has 0 heterocycles. The molecule has 0 spiro atoms. The summed E-state index contributed by atoms with van der Waals surface area (Å²) in [7, 11) is 0. The van der Waals surface area contributed by atoms with Gasteiger partial charge in [-0.25, -0.2) is 0 Å². The van der Waals surface area contributed by atoms with Crippen molar-refractivity contribution in [1.29, 1.82) is 0 Å². The lowest BCUT2D eigenvalue weighted by Gasteiger charge is -2.14. The van der Waals surface area contributed by atoms with Crippen LogP contribution in [0.1, 0.15) is 26.2 Å². The van der Waals surface area contributed by atoms with Gasteiger partial charge in [-0.3, -0.25) is 0 Å². The van der Waals surface area contributed by atoms with E-state index in [4.69, 9.17) is 10.5 Å². The Morgan fingerprint density at radius 3 is 2.78 bits per heavy atom. The van der Waals surface area contributed by atoms with Gasteiger partial charge in [-0.1, -0.05) is 0 Å². The van der Waals surface area contributed by atoms with Crippen molar-refractivity contribution in [2.24, 2.45) is 5.73 Å². The Kier molecular flexibility index (Phi) is 2.49. The molecule has 1 aliphatic carbocycles. The highest BCUT2D eigenvalue weighted by Crippen LogP contribution is 2.19. The van der Waals surface area contributed by atoms with E-state index in [1.165, 1.54) is 6.42 Å². The molecule has 0 amide bonds. The molecular formula is C7H15NO. The lowest BCUT2D eigenvalue weighted by molar-refractivity contribution is 0.0576. The predicted octanol–water partition coefficient (Wildman–Crippen LogP) is 0.903. The molecule has 1 fully saturated rings. The summed E-state index contributed by atoms with van der Waals surface area (Å²) in [6.45, 7) is 2.82. The first kappa shape index (κ1) is 7.03. The van der Waals surface area contributed by atoms with Crippen LogP contribution in [-0.4, -0.2) is 18.8 Å². The Morgan fingerprint density at radius 1 is 1.56 bits per heavy atom. The molecule has 0 aromatic heterocycles. The average Bonchev–Trinajstić information content (AvgIpc) is 2.18. The minimum atomic E-state index is 0.310. The van der Waals surface area contributed by atoms with E-state index in [-0.39, 0.29) is 0 Å². The van der Waals surface area contributed by atoms with E-state index in [1.807, 2.05) is 6.92 Å². The summed E-state index contributed by atoms with van der Waals surface area (Å²) in [5.41, 5.74) is 5.74. The van der Waals surface area contributed by atoms with Gasteiger partial charge in [0.15, 0.2) is 0 Å². The maximum Gasteiger partial charge on any atom is 0.0725 e. The Bertz CT molecular complexity index is 85.0. The molecule has 1 rings (SSSR count). The van der Waals surface area contributed by atoms with E-state index in [9.17, 15) is 0 Å². The minimum Gasteiger partial charge on any atom is -0.377 e. The molecule has 1 saturated carbocycles. The van der Waals surface area contributed by atoms with Gasteiger partial charge in [-0.2, -0.15) is 0 Å². The van der Waals surface area contributed by atoms with E-state index < -0.39 is 0 Å². The van der Waals surface area contributed by atoms with E-state index in [1.54, 1.807) is 0 Å². The molecule has 1 aliphatic rings. The van der Waals surface area contributed by atoms with Crippen LogP contribution in [0.5, 0.6) is 0 Å². The van der Waals surface area contributed by atoms with Crippen molar-refractivity contribution in [3.8, 4) is 0 Å². The van der Waals surface area contributed by atoms with Crippen LogP contribution in [0, 0.1) is 0 Å². The van der Waals surface area contributed by atoms with Crippen molar-refractivity contribution in [1.82, 2.24) is 0 Å². The van der Waals surface area contributed by atoms with Crippen molar-refractivity contribution in [2.45, 2.75) is 38.3 Å². The molecule has 0 bridgehead atoms. The van der Waals surface area contributed by atoms with Crippen LogP contribution in [-0.2, 0) is 4.74 Å². The van der Waals surface area contributed by atoms with Crippen LogP contribution in [0.3, 0.4) is 0 Å². The molecule has 0 radical (unpaired) electrons. The quantitative estimate of drug-likeness (QED) is 0.601. The molecule has 2 N–H and O–H groups in total. The van der Waals surface area contributed by atoms with Crippen molar-refractivity contribution in [2.75, 3.05) is 6.61 Å². The molecule has 2 atom stereocenters. The fourth-order valence-electron chi connectivity index (χ4n) is 1.38. The third-order valence-electron chi connectivity index (χ3n) is 1.88. The van der Waals surface area contributed by atoms with Crippen molar-refractivity contribution in [3.05, 3.63) is 0 Å². The second-order valence-corrected chi connectivity index (χ2v) is 2.59. The summed E-state index contributed by atoms with van der Waals surface area (Å²) in [6.07, 6.45) is 3.90. The van der Waals surface area contributed by atoms with E-state index in [2.05, 4.69) is 0 Å². The van der Waals surface area contributed by atoms with Gasteiger partial charge >= 0.3 is 0 Å². The molecular weight excluding hydrogens is 114 g/mol. The van der Waals surface area contributed by atoms with E-state index in [0.29, 0.717) is 12.1 Å². The summed E-state index contributed by atoms with van der Waals surface area (Å²) in [4.78, 5) is 0. The highest BCUT2D eigenvalue weighted by molar-refractivity contribution is 4.80. The summed E-state index contributed by atoms with van der Waals surface area (Å²) in [5, 5.41) is 0. The first-order valence-corrected chi connectivity index (χ1v) is 3.71. The number of nitrogens with two attached hydrogens (primary N) is 1. The number of hydrogen-bond donors (Lipinski definition) is 1. The maximum absolute atomic E-state index is 5.74. The molecule has 0 unspecified atom stereocenters. The summed E-state index contributed by atoms with van der Waals surface area (Å²) in [6, 6.07) is 0.310. The average molecular weight is 129 g/mol. The zero-order valence-corrected chi connectivity index (χ0v) is 5.97. The Balaban J connectivity index is 2.22. The number of rotatable bonds is 2. The van der Waals surface area contributed by atoms with Crippen LogP contribution in [0.25, 0.3) is 0 Å². The van der Waals surface area contributed by atoms with Gasteiger partial charge in [0.05, 0.1) is 6.10 Å². The minimum absolute atomic E-state index is 0.310. The Labute approximate surface area is 56.4 Å². The lowest BCUT2D eigenvalue weighted by Crippen LogP contribution is -2.31. The smallest absolute Gasteiger partial charge is 0.0725 e. The fourth-order valence-corrected chi connectivity index (χ4v) is 1.38. The highest BCUT2D eigenvalue weighted by Gasteiger charge is 2.23. The third-order valence-corrected chi connectivity index (χ3v) is 1.88. The molecule has 54 valence electrons. The molecule has 0 saturated heterocycles. The SMILES string of the molecule is CCO[C@@H]1CCC[C@H]1N. The maximum atomic E-state index is 5.74. The third kappa shape index (κ3) is 1.66. The highest BCUT2D eigenvalue weighted by atomic mass is 16.5. The molecule has 0 aromatic rings. The second kappa shape index (κ2) is 3.18. The van der Waals surface area contributed by atoms with Crippen LogP contribution < -0.4 is 5.73 Å². The lowest BCUT2D eigenvalue weighted by atomic mass is 10.2.